The number of nitrogens with zero attached hydrogens (tertiary/aromatic N) is 2. The summed E-state index contributed by atoms with van der Waals surface area (Å²) < 4.78 is 5.79. The average molecular weight is 424 g/mol. The second kappa shape index (κ2) is 9.78. The minimum atomic E-state index is -0.437. The first-order chi connectivity index (χ1) is 15.2. The van der Waals surface area contributed by atoms with E-state index in [2.05, 4.69) is 25.5 Å². The van der Waals surface area contributed by atoms with E-state index in [1.807, 2.05) is 30.5 Å². The van der Waals surface area contributed by atoms with Crippen molar-refractivity contribution in [1.82, 2.24) is 25.5 Å². The summed E-state index contributed by atoms with van der Waals surface area (Å²) in [5.41, 5.74) is 1.15. The van der Waals surface area contributed by atoms with E-state index >= 15 is 0 Å². The number of aromatic nitrogens is 2. The van der Waals surface area contributed by atoms with Crippen LogP contribution in [0.1, 0.15) is 35.3 Å². The SMILES string of the molecule is O=C1NC/C=C/CC2(CCN(Cc3cnc[nH]3)CC2)C(=O)NCCOc2ccccc21. The van der Waals surface area contributed by atoms with Crippen LogP contribution in [0.2, 0.25) is 0 Å². The Hall–Kier alpha value is -3.13. The molecule has 1 aromatic heterocycles. The van der Waals surface area contributed by atoms with Gasteiger partial charge in [-0.15, -0.1) is 0 Å². The molecule has 1 fully saturated rings. The van der Waals surface area contributed by atoms with E-state index in [0.717, 1.165) is 38.2 Å². The smallest absolute Gasteiger partial charge is 0.255 e. The van der Waals surface area contributed by atoms with Crippen molar-refractivity contribution in [3.05, 3.63) is 60.2 Å². The zero-order chi connectivity index (χ0) is 21.5. The first-order valence-corrected chi connectivity index (χ1v) is 10.8. The van der Waals surface area contributed by atoms with Crippen LogP contribution in [0.15, 0.2) is 48.9 Å². The molecule has 164 valence electrons. The highest BCUT2D eigenvalue weighted by molar-refractivity contribution is 5.97. The molecule has 0 bridgehead atoms. The highest BCUT2D eigenvalue weighted by Crippen LogP contribution is 2.36. The Morgan fingerprint density at radius 3 is 2.74 bits per heavy atom. The van der Waals surface area contributed by atoms with Crippen LogP contribution in [-0.2, 0) is 11.3 Å². The lowest BCUT2D eigenvalue weighted by Gasteiger charge is -2.40. The third kappa shape index (κ3) is 5.14. The second-order valence-corrected chi connectivity index (χ2v) is 8.12. The van der Waals surface area contributed by atoms with Crippen LogP contribution < -0.4 is 15.4 Å². The Labute approximate surface area is 182 Å². The van der Waals surface area contributed by atoms with Crippen molar-refractivity contribution < 1.29 is 14.3 Å². The number of amides is 2. The normalized spacial score (nSPS) is 21.3. The van der Waals surface area contributed by atoms with Gasteiger partial charge in [0.25, 0.3) is 5.91 Å². The fraction of sp³-hybridized carbons (Fsp3) is 0.435. The number of piperidine rings is 1. The number of carbonyl (C=O) groups excluding carboxylic acids is 2. The molecule has 0 radical (unpaired) electrons. The van der Waals surface area contributed by atoms with E-state index in [1.54, 1.807) is 18.5 Å². The van der Waals surface area contributed by atoms with Gasteiger partial charge >= 0.3 is 0 Å². The summed E-state index contributed by atoms with van der Waals surface area (Å²) in [4.78, 5) is 35.2. The quantitative estimate of drug-likeness (QED) is 0.641. The Morgan fingerprint density at radius 2 is 1.94 bits per heavy atom. The Morgan fingerprint density at radius 1 is 1.10 bits per heavy atom. The molecule has 3 N–H and O–H groups in total. The molecule has 0 unspecified atom stereocenters. The molecule has 0 saturated carbocycles. The van der Waals surface area contributed by atoms with Gasteiger partial charge in [0, 0.05) is 25.0 Å². The van der Waals surface area contributed by atoms with Crippen LogP contribution >= 0.6 is 0 Å². The fourth-order valence-corrected chi connectivity index (χ4v) is 4.21. The predicted octanol–water partition coefficient (Wildman–Crippen LogP) is 1.88. The molecule has 1 spiro atoms. The molecule has 0 atom stereocenters. The Kier molecular flexibility index (Phi) is 6.66. The number of hydrogen-bond acceptors (Lipinski definition) is 5. The maximum absolute atomic E-state index is 13.2. The number of benzene rings is 1. The lowest BCUT2D eigenvalue weighted by Crippen LogP contribution is -2.49. The summed E-state index contributed by atoms with van der Waals surface area (Å²) in [7, 11) is 0. The standard InChI is InChI=1S/C23H29N5O3/c29-21-19-5-1-2-6-20(19)31-14-11-26-22(30)23(7-3-4-10-25-21)8-12-28(13-9-23)16-18-15-24-17-27-18/h1-6,15,17H,7-14,16H2,(H,24,27)(H,25,29)(H,26,30)/b4-3+. The van der Waals surface area contributed by atoms with Gasteiger partial charge in [-0.3, -0.25) is 14.5 Å². The van der Waals surface area contributed by atoms with Gasteiger partial charge in [-0.1, -0.05) is 24.3 Å². The number of allylic oxidation sites excluding steroid dienone is 1. The molecule has 3 heterocycles. The molecule has 8 heteroatoms. The van der Waals surface area contributed by atoms with Crippen molar-refractivity contribution in [3.8, 4) is 5.75 Å². The molecular formula is C23H29N5O3. The number of para-hydroxylation sites is 1. The number of imidazole rings is 1. The molecule has 2 aromatic rings. The van der Waals surface area contributed by atoms with Crippen molar-refractivity contribution in [2.75, 3.05) is 32.8 Å². The van der Waals surface area contributed by atoms with E-state index < -0.39 is 5.41 Å². The molecule has 1 aromatic carbocycles. The number of nitrogens with one attached hydrogen (secondary N) is 3. The Bertz CT molecular complexity index is 917. The zero-order valence-corrected chi connectivity index (χ0v) is 17.6. The maximum atomic E-state index is 13.2. The van der Waals surface area contributed by atoms with Crippen LogP contribution in [-0.4, -0.2) is 59.5 Å². The lowest BCUT2D eigenvalue weighted by molar-refractivity contribution is -0.134. The van der Waals surface area contributed by atoms with E-state index in [1.165, 1.54) is 0 Å². The largest absolute Gasteiger partial charge is 0.491 e. The average Bonchev–Trinajstić information content (AvgIpc) is 3.30. The summed E-state index contributed by atoms with van der Waals surface area (Å²) in [5, 5.41) is 5.97. The molecule has 2 amide bonds. The minimum Gasteiger partial charge on any atom is -0.491 e. The van der Waals surface area contributed by atoms with Gasteiger partial charge in [-0.05, 0) is 44.5 Å². The van der Waals surface area contributed by atoms with E-state index in [4.69, 9.17) is 4.74 Å². The number of fused-ring (bicyclic) bond motifs is 1. The molecule has 1 saturated heterocycles. The van der Waals surface area contributed by atoms with Crippen molar-refractivity contribution in [3.63, 3.8) is 0 Å². The summed E-state index contributed by atoms with van der Waals surface area (Å²) in [6.45, 7) is 3.64. The van der Waals surface area contributed by atoms with E-state index in [9.17, 15) is 9.59 Å². The van der Waals surface area contributed by atoms with Crippen molar-refractivity contribution in [2.24, 2.45) is 5.41 Å². The third-order valence-electron chi connectivity index (χ3n) is 6.08. The summed E-state index contributed by atoms with van der Waals surface area (Å²) >= 11 is 0. The lowest BCUT2D eigenvalue weighted by atomic mass is 9.74. The van der Waals surface area contributed by atoms with Crippen molar-refractivity contribution in [1.29, 1.82) is 0 Å². The van der Waals surface area contributed by atoms with Crippen molar-refractivity contribution >= 4 is 11.8 Å². The number of ether oxygens (including phenoxy) is 1. The molecule has 31 heavy (non-hydrogen) atoms. The van der Waals surface area contributed by atoms with Crippen molar-refractivity contribution in [2.45, 2.75) is 25.8 Å². The van der Waals surface area contributed by atoms with Crippen LogP contribution in [0.25, 0.3) is 0 Å². The van der Waals surface area contributed by atoms with Crippen LogP contribution in [0.4, 0.5) is 0 Å². The summed E-state index contributed by atoms with van der Waals surface area (Å²) in [6, 6.07) is 7.16. The second-order valence-electron chi connectivity index (χ2n) is 8.12. The first kappa shape index (κ1) is 21.1. The maximum Gasteiger partial charge on any atom is 0.255 e. The topological polar surface area (TPSA) is 99.4 Å². The molecule has 2 aliphatic rings. The summed E-state index contributed by atoms with van der Waals surface area (Å²) in [5.74, 6) is 0.441. The molecular weight excluding hydrogens is 394 g/mol. The van der Waals surface area contributed by atoms with Gasteiger partial charge in [-0.2, -0.15) is 0 Å². The van der Waals surface area contributed by atoms with Gasteiger partial charge in [-0.25, -0.2) is 4.98 Å². The van der Waals surface area contributed by atoms with Crippen LogP contribution in [0, 0.1) is 5.41 Å². The highest BCUT2D eigenvalue weighted by Gasteiger charge is 2.40. The number of likely N-dealkylation sites (tertiary alicyclic amines) is 1. The first-order valence-electron chi connectivity index (χ1n) is 10.8. The number of H-pyrrole nitrogens is 1. The number of aromatic amines is 1. The van der Waals surface area contributed by atoms with E-state index in [-0.39, 0.29) is 11.8 Å². The molecule has 2 aliphatic heterocycles. The molecule has 0 aliphatic carbocycles. The predicted molar refractivity (Wildman–Crippen MR) is 117 cm³/mol. The van der Waals surface area contributed by atoms with Gasteiger partial charge in [0.05, 0.1) is 23.9 Å². The van der Waals surface area contributed by atoms with Gasteiger partial charge in [0.2, 0.25) is 5.91 Å². The molecule has 4 rings (SSSR count). The third-order valence-corrected chi connectivity index (χ3v) is 6.08. The van der Waals surface area contributed by atoms with Gasteiger partial charge in [0.15, 0.2) is 0 Å². The monoisotopic (exact) mass is 423 g/mol. The number of rotatable bonds is 2. The van der Waals surface area contributed by atoms with E-state index in [0.29, 0.717) is 37.4 Å². The fourth-order valence-electron chi connectivity index (χ4n) is 4.21. The van der Waals surface area contributed by atoms with Gasteiger partial charge in [0.1, 0.15) is 12.4 Å². The van der Waals surface area contributed by atoms with Crippen LogP contribution in [0.5, 0.6) is 5.75 Å². The van der Waals surface area contributed by atoms with Gasteiger partial charge < -0.3 is 20.4 Å². The zero-order valence-electron chi connectivity index (χ0n) is 17.6. The highest BCUT2D eigenvalue weighted by atomic mass is 16.5. The molecule has 8 nitrogen and oxygen atoms in total. The number of hydrogen-bond donors (Lipinski definition) is 3. The Balaban J connectivity index is 1.42. The van der Waals surface area contributed by atoms with Crippen LogP contribution in [0.3, 0.4) is 0 Å². The minimum absolute atomic E-state index is 0.0799. The summed E-state index contributed by atoms with van der Waals surface area (Å²) in [6.07, 6.45) is 9.71. The number of carbonyl (C=O) groups is 2.